The minimum Gasteiger partial charge on any atom is -0.367 e. The summed E-state index contributed by atoms with van der Waals surface area (Å²) in [5.41, 5.74) is 0.708. The van der Waals surface area contributed by atoms with Crippen molar-refractivity contribution in [3.8, 4) is 6.07 Å². The van der Waals surface area contributed by atoms with Crippen LogP contribution in [0.2, 0.25) is 0 Å². The summed E-state index contributed by atoms with van der Waals surface area (Å²) in [6.07, 6.45) is 0. The summed E-state index contributed by atoms with van der Waals surface area (Å²) in [7, 11) is 1.91. The van der Waals surface area contributed by atoms with Gasteiger partial charge in [0.1, 0.15) is 11.6 Å². The van der Waals surface area contributed by atoms with Crippen LogP contribution in [0, 0.1) is 21.4 Å². The SMILES string of the molecule is CC(c1cccs1)N(C)c1ccc([N+](=O)[O-])c(C#N)c1. The summed E-state index contributed by atoms with van der Waals surface area (Å²) in [5.74, 6) is 0. The van der Waals surface area contributed by atoms with Gasteiger partial charge in [-0.2, -0.15) is 5.26 Å². The van der Waals surface area contributed by atoms with E-state index in [1.54, 1.807) is 23.5 Å². The number of rotatable bonds is 4. The van der Waals surface area contributed by atoms with Gasteiger partial charge >= 0.3 is 0 Å². The van der Waals surface area contributed by atoms with Crippen molar-refractivity contribution in [2.45, 2.75) is 13.0 Å². The van der Waals surface area contributed by atoms with Crippen molar-refractivity contribution in [3.05, 3.63) is 56.3 Å². The van der Waals surface area contributed by atoms with E-state index in [2.05, 4.69) is 6.92 Å². The van der Waals surface area contributed by atoms with Crippen LogP contribution in [-0.4, -0.2) is 12.0 Å². The molecule has 102 valence electrons. The lowest BCUT2D eigenvalue weighted by molar-refractivity contribution is -0.385. The van der Waals surface area contributed by atoms with Gasteiger partial charge in [-0.3, -0.25) is 10.1 Å². The average Bonchev–Trinajstić information content (AvgIpc) is 2.99. The predicted octanol–water partition coefficient (Wildman–Crippen LogP) is 3.73. The molecule has 20 heavy (non-hydrogen) atoms. The fraction of sp³-hybridized carbons (Fsp3) is 0.214. The maximum Gasteiger partial charge on any atom is 0.287 e. The Balaban J connectivity index is 2.34. The van der Waals surface area contributed by atoms with Crippen molar-refractivity contribution in [2.24, 2.45) is 0 Å². The molecule has 0 amide bonds. The Labute approximate surface area is 120 Å². The third-order valence-corrected chi connectivity index (χ3v) is 4.28. The Hall–Kier alpha value is -2.39. The molecule has 0 saturated heterocycles. The molecule has 0 aliphatic rings. The minimum absolute atomic E-state index is 0.0812. The monoisotopic (exact) mass is 287 g/mol. The molecular weight excluding hydrogens is 274 g/mol. The van der Waals surface area contributed by atoms with Crippen molar-refractivity contribution >= 4 is 22.7 Å². The van der Waals surface area contributed by atoms with Crippen LogP contribution in [-0.2, 0) is 0 Å². The fourth-order valence-electron chi connectivity index (χ4n) is 1.94. The van der Waals surface area contributed by atoms with Crippen LogP contribution in [0.4, 0.5) is 11.4 Å². The lowest BCUT2D eigenvalue weighted by Crippen LogP contribution is -2.20. The summed E-state index contributed by atoms with van der Waals surface area (Å²) in [4.78, 5) is 13.5. The zero-order valence-electron chi connectivity index (χ0n) is 11.1. The second-order valence-corrected chi connectivity index (χ2v) is 5.35. The number of nitro benzene ring substituents is 1. The van der Waals surface area contributed by atoms with Gasteiger partial charge in [-0.05, 0) is 30.5 Å². The molecule has 0 saturated carbocycles. The Kier molecular flexibility index (Phi) is 4.01. The van der Waals surface area contributed by atoms with Gasteiger partial charge in [-0.1, -0.05) is 6.07 Å². The molecule has 5 nitrogen and oxygen atoms in total. The number of nitrogens with zero attached hydrogens (tertiary/aromatic N) is 3. The third kappa shape index (κ3) is 2.63. The quantitative estimate of drug-likeness (QED) is 0.634. The second kappa shape index (κ2) is 5.72. The first kappa shape index (κ1) is 14.0. The summed E-state index contributed by atoms with van der Waals surface area (Å²) in [5, 5.41) is 21.9. The standard InChI is InChI=1S/C14H13N3O2S/c1-10(14-4-3-7-20-14)16(2)12-5-6-13(17(18)19)11(8-12)9-15/h3-8,10H,1-2H3. The van der Waals surface area contributed by atoms with Crippen LogP contribution in [0.5, 0.6) is 0 Å². The lowest BCUT2D eigenvalue weighted by Gasteiger charge is -2.26. The maximum absolute atomic E-state index is 10.8. The molecule has 0 aliphatic heterocycles. The number of benzene rings is 1. The average molecular weight is 287 g/mol. The first-order chi connectivity index (χ1) is 9.54. The molecule has 1 unspecified atom stereocenters. The second-order valence-electron chi connectivity index (χ2n) is 4.37. The highest BCUT2D eigenvalue weighted by molar-refractivity contribution is 7.10. The van der Waals surface area contributed by atoms with Crippen LogP contribution < -0.4 is 4.90 Å². The van der Waals surface area contributed by atoms with E-state index < -0.39 is 4.92 Å². The van der Waals surface area contributed by atoms with Crippen molar-refractivity contribution in [1.82, 2.24) is 0 Å². The highest BCUT2D eigenvalue weighted by atomic mass is 32.1. The van der Waals surface area contributed by atoms with E-state index in [4.69, 9.17) is 5.26 Å². The highest BCUT2D eigenvalue weighted by Gasteiger charge is 2.18. The number of hydrogen-bond acceptors (Lipinski definition) is 5. The van der Waals surface area contributed by atoms with E-state index in [0.29, 0.717) is 0 Å². The molecule has 1 atom stereocenters. The van der Waals surface area contributed by atoms with Gasteiger partial charge in [-0.25, -0.2) is 0 Å². The summed E-state index contributed by atoms with van der Waals surface area (Å²) >= 11 is 1.66. The molecule has 0 N–H and O–H groups in total. The molecule has 1 aromatic carbocycles. The number of hydrogen-bond donors (Lipinski definition) is 0. The van der Waals surface area contributed by atoms with Crippen LogP contribution >= 0.6 is 11.3 Å². The first-order valence-electron chi connectivity index (χ1n) is 5.99. The molecule has 0 bridgehead atoms. The van der Waals surface area contributed by atoms with E-state index in [0.717, 1.165) is 5.69 Å². The number of nitro groups is 1. The van der Waals surface area contributed by atoms with E-state index in [9.17, 15) is 10.1 Å². The molecule has 0 aliphatic carbocycles. The van der Waals surface area contributed by atoms with Gasteiger partial charge in [0.15, 0.2) is 0 Å². The maximum atomic E-state index is 10.8. The number of nitriles is 1. The largest absolute Gasteiger partial charge is 0.367 e. The molecule has 2 aromatic rings. The van der Waals surface area contributed by atoms with Gasteiger partial charge in [0.05, 0.1) is 11.0 Å². The van der Waals surface area contributed by atoms with Crippen molar-refractivity contribution < 1.29 is 4.92 Å². The van der Waals surface area contributed by atoms with Gasteiger partial charge in [0, 0.05) is 23.7 Å². The Morgan fingerprint density at radius 1 is 1.45 bits per heavy atom. The van der Waals surface area contributed by atoms with E-state index in [-0.39, 0.29) is 17.3 Å². The molecule has 0 fully saturated rings. The Morgan fingerprint density at radius 3 is 2.75 bits per heavy atom. The minimum atomic E-state index is -0.537. The Bertz CT molecular complexity index is 662. The highest BCUT2D eigenvalue weighted by Crippen LogP contribution is 2.30. The zero-order chi connectivity index (χ0) is 14.7. The van der Waals surface area contributed by atoms with E-state index in [1.807, 2.05) is 35.5 Å². The summed E-state index contributed by atoms with van der Waals surface area (Å²) in [6.45, 7) is 2.05. The van der Waals surface area contributed by atoms with Crippen LogP contribution in [0.1, 0.15) is 23.4 Å². The smallest absolute Gasteiger partial charge is 0.287 e. The first-order valence-corrected chi connectivity index (χ1v) is 6.87. The lowest BCUT2D eigenvalue weighted by atomic mass is 10.1. The summed E-state index contributed by atoms with van der Waals surface area (Å²) < 4.78 is 0. The molecule has 0 spiro atoms. The van der Waals surface area contributed by atoms with Gasteiger partial charge < -0.3 is 4.90 Å². The molecule has 1 aromatic heterocycles. The fourth-order valence-corrected chi connectivity index (χ4v) is 2.76. The molecule has 6 heteroatoms. The summed E-state index contributed by atoms with van der Waals surface area (Å²) in [6, 6.07) is 10.7. The van der Waals surface area contributed by atoms with Gasteiger partial charge in [0.25, 0.3) is 5.69 Å². The van der Waals surface area contributed by atoms with Crippen LogP contribution in [0.25, 0.3) is 0 Å². The molecule has 0 radical (unpaired) electrons. The van der Waals surface area contributed by atoms with Crippen LogP contribution in [0.15, 0.2) is 35.7 Å². The van der Waals surface area contributed by atoms with Gasteiger partial charge in [-0.15, -0.1) is 11.3 Å². The number of anilines is 1. The van der Waals surface area contributed by atoms with E-state index in [1.165, 1.54) is 10.9 Å². The normalized spacial score (nSPS) is 11.7. The van der Waals surface area contributed by atoms with Crippen LogP contribution in [0.3, 0.4) is 0 Å². The molecular formula is C14H13N3O2S. The van der Waals surface area contributed by atoms with E-state index >= 15 is 0 Å². The van der Waals surface area contributed by atoms with Crippen molar-refractivity contribution in [3.63, 3.8) is 0 Å². The van der Waals surface area contributed by atoms with Crippen molar-refractivity contribution in [2.75, 3.05) is 11.9 Å². The third-order valence-electron chi connectivity index (χ3n) is 3.24. The van der Waals surface area contributed by atoms with Crippen molar-refractivity contribution in [1.29, 1.82) is 5.26 Å². The molecule has 1 heterocycles. The molecule has 2 rings (SSSR count). The number of thiophene rings is 1. The predicted molar refractivity (Wildman–Crippen MR) is 78.9 cm³/mol. The topological polar surface area (TPSA) is 70.2 Å². The zero-order valence-corrected chi connectivity index (χ0v) is 11.9. The van der Waals surface area contributed by atoms with Gasteiger partial charge in [0.2, 0.25) is 0 Å². The Morgan fingerprint density at radius 2 is 2.20 bits per heavy atom.